The molecule has 0 bridgehead atoms. The summed E-state index contributed by atoms with van der Waals surface area (Å²) in [6.07, 6.45) is 6.43. The number of pyridine rings is 3. The summed E-state index contributed by atoms with van der Waals surface area (Å²) in [4.78, 5) is 36.6. The minimum atomic E-state index is -0.362. The van der Waals surface area contributed by atoms with E-state index in [-0.39, 0.29) is 17.5 Å². The van der Waals surface area contributed by atoms with Gasteiger partial charge >= 0.3 is 0 Å². The Morgan fingerprint density at radius 2 is 1.62 bits per heavy atom. The second kappa shape index (κ2) is 8.48. The van der Waals surface area contributed by atoms with Gasteiger partial charge in [-0.1, -0.05) is 6.07 Å². The van der Waals surface area contributed by atoms with Crippen molar-refractivity contribution in [1.29, 1.82) is 0 Å². The van der Waals surface area contributed by atoms with Crippen molar-refractivity contribution in [1.82, 2.24) is 25.6 Å². The minimum Gasteiger partial charge on any atom is -0.348 e. The van der Waals surface area contributed by atoms with E-state index >= 15 is 0 Å². The third-order valence-corrected chi connectivity index (χ3v) is 3.61. The first-order valence-corrected chi connectivity index (χ1v) is 8.03. The highest BCUT2D eigenvalue weighted by Gasteiger charge is 2.12. The molecular weight excluding hydrogens is 330 g/mol. The summed E-state index contributed by atoms with van der Waals surface area (Å²) >= 11 is 0. The Labute approximate surface area is 150 Å². The maximum atomic E-state index is 12.3. The highest BCUT2D eigenvalue weighted by Crippen LogP contribution is 2.04. The molecule has 3 aromatic rings. The lowest BCUT2D eigenvalue weighted by atomic mass is 10.2. The lowest BCUT2D eigenvalue weighted by Gasteiger charge is -2.07. The molecule has 0 atom stereocenters. The van der Waals surface area contributed by atoms with Gasteiger partial charge in [-0.05, 0) is 42.0 Å². The average molecular weight is 347 g/mol. The normalized spacial score (nSPS) is 10.2. The zero-order valence-electron chi connectivity index (χ0n) is 13.9. The van der Waals surface area contributed by atoms with E-state index in [0.29, 0.717) is 18.7 Å². The third kappa shape index (κ3) is 4.70. The number of amides is 2. The molecule has 0 saturated carbocycles. The van der Waals surface area contributed by atoms with Crippen LogP contribution in [0.5, 0.6) is 0 Å². The van der Waals surface area contributed by atoms with Crippen molar-refractivity contribution in [3.63, 3.8) is 0 Å². The largest absolute Gasteiger partial charge is 0.348 e. The molecule has 0 aromatic carbocycles. The number of hydrogen-bond acceptors (Lipinski definition) is 5. The monoisotopic (exact) mass is 347 g/mol. The van der Waals surface area contributed by atoms with Gasteiger partial charge in [0.2, 0.25) is 0 Å². The fraction of sp³-hybridized carbons (Fsp3) is 0.105. The zero-order chi connectivity index (χ0) is 18.2. The number of nitrogens with one attached hydrogen (secondary N) is 2. The van der Waals surface area contributed by atoms with Crippen LogP contribution >= 0.6 is 0 Å². The predicted octanol–water partition coefficient (Wildman–Crippen LogP) is 1.73. The van der Waals surface area contributed by atoms with E-state index in [1.54, 1.807) is 30.7 Å². The molecule has 0 aliphatic heterocycles. The Hall–Kier alpha value is -3.61. The quantitative estimate of drug-likeness (QED) is 0.708. The van der Waals surface area contributed by atoms with Crippen LogP contribution in [0.25, 0.3) is 0 Å². The molecule has 3 aromatic heterocycles. The topological polar surface area (TPSA) is 96.9 Å². The fourth-order valence-corrected chi connectivity index (χ4v) is 2.25. The molecule has 7 heteroatoms. The van der Waals surface area contributed by atoms with Crippen molar-refractivity contribution < 1.29 is 9.59 Å². The molecule has 0 fully saturated rings. The van der Waals surface area contributed by atoms with E-state index in [9.17, 15) is 9.59 Å². The molecule has 2 N–H and O–H groups in total. The summed E-state index contributed by atoms with van der Waals surface area (Å²) in [5.41, 5.74) is 2.23. The number of hydrogen-bond donors (Lipinski definition) is 2. The highest BCUT2D eigenvalue weighted by atomic mass is 16.2. The summed E-state index contributed by atoms with van der Waals surface area (Å²) < 4.78 is 0. The van der Waals surface area contributed by atoms with Crippen molar-refractivity contribution in [2.45, 2.75) is 13.1 Å². The highest BCUT2D eigenvalue weighted by molar-refractivity contribution is 5.98. The predicted molar refractivity (Wildman–Crippen MR) is 95.1 cm³/mol. The Morgan fingerprint density at radius 1 is 0.808 bits per heavy atom. The van der Waals surface area contributed by atoms with Gasteiger partial charge in [0.15, 0.2) is 0 Å². The average Bonchev–Trinajstić information content (AvgIpc) is 2.72. The molecule has 0 radical (unpaired) electrons. The van der Waals surface area contributed by atoms with Crippen molar-refractivity contribution in [3.05, 3.63) is 89.8 Å². The number of nitrogens with zero attached hydrogens (tertiary/aromatic N) is 3. The van der Waals surface area contributed by atoms with Gasteiger partial charge in [-0.3, -0.25) is 24.5 Å². The smallest absolute Gasteiger partial charge is 0.270 e. The Morgan fingerprint density at radius 3 is 2.38 bits per heavy atom. The minimum absolute atomic E-state index is 0.178. The van der Waals surface area contributed by atoms with Crippen LogP contribution in [0, 0.1) is 0 Å². The Bertz CT molecular complexity index is 814. The van der Waals surface area contributed by atoms with Crippen LogP contribution in [-0.4, -0.2) is 26.8 Å². The van der Waals surface area contributed by atoms with E-state index in [2.05, 4.69) is 25.6 Å². The van der Waals surface area contributed by atoms with E-state index < -0.39 is 0 Å². The SMILES string of the molecule is O=C(NCc1ccncc1)c1ccnc(C(=O)NCc2ccccn2)c1. The summed E-state index contributed by atoms with van der Waals surface area (Å²) in [5.74, 6) is -0.637. The van der Waals surface area contributed by atoms with E-state index in [1.807, 2.05) is 24.3 Å². The third-order valence-electron chi connectivity index (χ3n) is 3.61. The van der Waals surface area contributed by atoms with Gasteiger partial charge in [-0.25, -0.2) is 0 Å². The molecule has 0 aliphatic rings. The van der Waals surface area contributed by atoms with Gasteiger partial charge in [-0.2, -0.15) is 0 Å². The van der Waals surface area contributed by atoms with Crippen molar-refractivity contribution >= 4 is 11.8 Å². The maximum absolute atomic E-state index is 12.3. The van der Waals surface area contributed by atoms with Crippen LogP contribution in [0.1, 0.15) is 32.1 Å². The second-order valence-electron chi connectivity index (χ2n) is 5.47. The van der Waals surface area contributed by atoms with E-state index in [0.717, 1.165) is 11.3 Å². The first kappa shape index (κ1) is 17.2. The summed E-state index contributed by atoms with van der Waals surface area (Å²) in [6.45, 7) is 0.671. The van der Waals surface area contributed by atoms with Crippen molar-refractivity contribution in [2.24, 2.45) is 0 Å². The van der Waals surface area contributed by atoms with Crippen LogP contribution in [-0.2, 0) is 13.1 Å². The zero-order valence-corrected chi connectivity index (χ0v) is 13.9. The first-order valence-electron chi connectivity index (χ1n) is 8.03. The van der Waals surface area contributed by atoms with Crippen LogP contribution in [0.15, 0.2) is 67.3 Å². The lowest BCUT2D eigenvalue weighted by Crippen LogP contribution is -2.26. The maximum Gasteiger partial charge on any atom is 0.270 e. The van der Waals surface area contributed by atoms with Gasteiger partial charge in [0.05, 0.1) is 12.2 Å². The van der Waals surface area contributed by atoms with Crippen LogP contribution < -0.4 is 10.6 Å². The summed E-state index contributed by atoms with van der Waals surface area (Å²) in [5, 5.41) is 5.54. The molecular formula is C19H17N5O2. The lowest BCUT2D eigenvalue weighted by molar-refractivity contribution is 0.0945. The Kier molecular flexibility index (Phi) is 5.61. The van der Waals surface area contributed by atoms with E-state index in [4.69, 9.17) is 0 Å². The van der Waals surface area contributed by atoms with E-state index in [1.165, 1.54) is 12.3 Å². The van der Waals surface area contributed by atoms with Gasteiger partial charge in [0.25, 0.3) is 11.8 Å². The first-order chi connectivity index (χ1) is 12.7. The molecule has 26 heavy (non-hydrogen) atoms. The number of aromatic nitrogens is 3. The van der Waals surface area contributed by atoms with Crippen LogP contribution in [0.4, 0.5) is 0 Å². The van der Waals surface area contributed by atoms with Gasteiger partial charge < -0.3 is 10.6 Å². The number of rotatable bonds is 6. The molecule has 0 aliphatic carbocycles. The standard InChI is InChI=1S/C19H17N5O2/c25-18(23-12-14-4-8-20-9-5-14)15-6-10-22-17(11-15)19(26)24-13-16-3-1-2-7-21-16/h1-11H,12-13H2,(H,23,25)(H,24,26). The van der Waals surface area contributed by atoms with Crippen LogP contribution in [0.3, 0.4) is 0 Å². The molecule has 2 amide bonds. The van der Waals surface area contributed by atoms with Gasteiger partial charge in [-0.15, -0.1) is 0 Å². The number of carbonyl (C=O) groups is 2. The molecule has 7 nitrogen and oxygen atoms in total. The Balaban J connectivity index is 1.60. The fourth-order valence-electron chi connectivity index (χ4n) is 2.25. The van der Waals surface area contributed by atoms with Gasteiger partial charge in [0.1, 0.15) is 5.69 Å². The van der Waals surface area contributed by atoms with Crippen molar-refractivity contribution in [2.75, 3.05) is 0 Å². The van der Waals surface area contributed by atoms with Crippen LogP contribution in [0.2, 0.25) is 0 Å². The van der Waals surface area contributed by atoms with Gasteiger partial charge in [0, 0.05) is 36.9 Å². The van der Waals surface area contributed by atoms with Crippen molar-refractivity contribution in [3.8, 4) is 0 Å². The summed E-state index contributed by atoms with van der Waals surface area (Å²) in [6, 6.07) is 12.2. The second-order valence-corrected chi connectivity index (χ2v) is 5.47. The molecule has 0 saturated heterocycles. The molecule has 0 spiro atoms. The molecule has 3 rings (SSSR count). The summed E-state index contributed by atoms with van der Waals surface area (Å²) in [7, 11) is 0. The number of carbonyl (C=O) groups excluding carboxylic acids is 2. The molecule has 0 unspecified atom stereocenters. The molecule has 130 valence electrons. The molecule has 3 heterocycles.